The molecule has 144 valence electrons. The number of nitrogens with zero attached hydrogens (tertiary/aromatic N) is 3. The Morgan fingerprint density at radius 3 is 2.89 bits per heavy atom. The van der Waals surface area contributed by atoms with Gasteiger partial charge in [0, 0.05) is 37.7 Å². The van der Waals surface area contributed by atoms with E-state index in [1.165, 1.54) is 12.1 Å². The molecule has 0 aliphatic carbocycles. The molecule has 0 saturated carbocycles. The Hall–Kier alpha value is -3.35. The molecule has 0 aliphatic heterocycles. The Labute approximate surface area is 162 Å². The van der Waals surface area contributed by atoms with E-state index in [4.69, 9.17) is 0 Å². The van der Waals surface area contributed by atoms with Gasteiger partial charge in [-0.25, -0.2) is 9.37 Å². The van der Waals surface area contributed by atoms with Crippen LogP contribution in [0.4, 0.5) is 4.39 Å². The molecule has 2 heterocycles. The standard InChI is InChI=1S/C21H23FN6/c1-23-21(26-13-20-27-17-5-3-4-6-19(17)28(20)2)24-10-9-14-12-25-18-11-15(22)7-8-16(14)18/h3-8,11-12,25H,9-10,13H2,1-2H3,(H2,23,24,26). The summed E-state index contributed by atoms with van der Waals surface area (Å²) in [5, 5.41) is 7.68. The van der Waals surface area contributed by atoms with Crippen molar-refractivity contribution in [3.63, 3.8) is 0 Å². The molecule has 0 bridgehead atoms. The smallest absolute Gasteiger partial charge is 0.191 e. The zero-order chi connectivity index (χ0) is 19.5. The van der Waals surface area contributed by atoms with Gasteiger partial charge >= 0.3 is 0 Å². The molecule has 2 aromatic carbocycles. The van der Waals surface area contributed by atoms with Crippen LogP contribution >= 0.6 is 0 Å². The van der Waals surface area contributed by atoms with Crippen molar-refractivity contribution in [2.24, 2.45) is 12.0 Å². The van der Waals surface area contributed by atoms with Crippen molar-refractivity contribution in [3.8, 4) is 0 Å². The van der Waals surface area contributed by atoms with E-state index < -0.39 is 0 Å². The Morgan fingerprint density at radius 1 is 1.21 bits per heavy atom. The molecule has 0 atom stereocenters. The van der Waals surface area contributed by atoms with Gasteiger partial charge in [0.1, 0.15) is 11.6 Å². The van der Waals surface area contributed by atoms with Gasteiger partial charge in [0.2, 0.25) is 0 Å². The van der Waals surface area contributed by atoms with Crippen LogP contribution in [-0.4, -0.2) is 34.1 Å². The van der Waals surface area contributed by atoms with E-state index in [0.29, 0.717) is 13.1 Å². The second-order valence-electron chi connectivity index (χ2n) is 6.68. The number of aromatic nitrogens is 3. The topological polar surface area (TPSA) is 70.0 Å². The minimum absolute atomic E-state index is 0.231. The van der Waals surface area contributed by atoms with Crippen LogP contribution in [0.15, 0.2) is 53.7 Å². The minimum Gasteiger partial charge on any atom is -0.361 e. The number of benzene rings is 2. The summed E-state index contributed by atoms with van der Waals surface area (Å²) in [4.78, 5) is 12.1. The van der Waals surface area contributed by atoms with Crippen LogP contribution in [0.3, 0.4) is 0 Å². The maximum Gasteiger partial charge on any atom is 0.191 e. The maximum atomic E-state index is 13.3. The summed E-state index contributed by atoms with van der Waals surface area (Å²) in [6, 6.07) is 12.9. The van der Waals surface area contributed by atoms with Crippen LogP contribution in [0, 0.1) is 5.82 Å². The summed E-state index contributed by atoms with van der Waals surface area (Å²) in [6.45, 7) is 1.30. The number of imidazole rings is 1. The molecule has 0 aliphatic rings. The van der Waals surface area contributed by atoms with Gasteiger partial charge in [-0.3, -0.25) is 4.99 Å². The highest BCUT2D eigenvalue weighted by Crippen LogP contribution is 2.19. The Balaban J connectivity index is 1.35. The molecule has 0 unspecified atom stereocenters. The van der Waals surface area contributed by atoms with Crippen LogP contribution in [0.2, 0.25) is 0 Å². The van der Waals surface area contributed by atoms with E-state index in [1.54, 1.807) is 7.05 Å². The van der Waals surface area contributed by atoms with Gasteiger partial charge in [-0.1, -0.05) is 12.1 Å². The number of guanidine groups is 1. The van der Waals surface area contributed by atoms with E-state index in [1.807, 2.05) is 37.5 Å². The zero-order valence-corrected chi connectivity index (χ0v) is 16.0. The zero-order valence-electron chi connectivity index (χ0n) is 16.0. The molecule has 4 rings (SSSR count). The fourth-order valence-electron chi connectivity index (χ4n) is 3.42. The number of aryl methyl sites for hydroxylation is 1. The highest BCUT2D eigenvalue weighted by Gasteiger charge is 2.08. The van der Waals surface area contributed by atoms with Crippen LogP contribution < -0.4 is 10.6 Å². The number of H-pyrrole nitrogens is 1. The van der Waals surface area contributed by atoms with Gasteiger partial charge < -0.3 is 20.2 Å². The van der Waals surface area contributed by atoms with Crippen molar-refractivity contribution < 1.29 is 4.39 Å². The lowest BCUT2D eigenvalue weighted by atomic mass is 10.1. The third-order valence-corrected chi connectivity index (χ3v) is 4.93. The minimum atomic E-state index is -0.231. The molecule has 3 N–H and O–H groups in total. The fourth-order valence-corrected chi connectivity index (χ4v) is 3.42. The average molecular weight is 378 g/mol. The SMILES string of the molecule is CN=C(NCCc1c[nH]c2cc(F)ccc12)NCc1nc2ccccc2n1C. The number of hydrogen-bond acceptors (Lipinski definition) is 2. The number of halogens is 1. The molecule has 4 aromatic rings. The molecule has 0 amide bonds. The monoisotopic (exact) mass is 378 g/mol. The number of para-hydroxylation sites is 2. The number of rotatable bonds is 5. The molecular formula is C21H23FN6. The third-order valence-electron chi connectivity index (χ3n) is 4.93. The Bertz CT molecular complexity index is 1140. The van der Waals surface area contributed by atoms with E-state index in [0.717, 1.165) is 45.7 Å². The molecule has 7 heteroatoms. The Kier molecular flexibility index (Phi) is 4.97. The summed E-state index contributed by atoms with van der Waals surface area (Å²) in [7, 11) is 3.76. The van der Waals surface area contributed by atoms with Crippen molar-refractivity contribution in [2.75, 3.05) is 13.6 Å². The lowest BCUT2D eigenvalue weighted by Gasteiger charge is -2.11. The lowest BCUT2D eigenvalue weighted by molar-refractivity contribution is 0.629. The first-order valence-corrected chi connectivity index (χ1v) is 9.26. The number of fused-ring (bicyclic) bond motifs is 2. The van der Waals surface area contributed by atoms with E-state index in [2.05, 4.69) is 36.2 Å². The maximum absolute atomic E-state index is 13.3. The van der Waals surface area contributed by atoms with Crippen molar-refractivity contribution in [3.05, 3.63) is 65.9 Å². The highest BCUT2D eigenvalue weighted by molar-refractivity contribution is 5.83. The largest absolute Gasteiger partial charge is 0.361 e. The second-order valence-corrected chi connectivity index (χ2v) is 6.68. The van der Waals surface area contributed by atoms with Crippen molar-refractivity contribution in [1.29, 1.82) is 0 Å². The summed E-state index contributed by atoms with van der Waals surface area (Å²) >= 11 is 0. The summed E-state index contributed by atoms with van der Waals surface area (Å²) in [6.07, 6.45) is 2.74. The van der Waals surface area contributed by atoms with Gasteiger partial charge in [0.05, 0.1) is 17.6 Å². The third kappa shape index (κ3) is 3.55. The molecule has 0 radical (unpaired) electrons. The van der Waals surface area contributed by atoms with Gasteiger partial charge in [0.15, 0.2) is 5.96 Å². The van der Waals surface area contributed by atoms with Crippen LogP contribution in [-0.2, 0) is 20.0 Å². The first-order chi connectivity index (χ1) is 13.7. The van der Waals surface area contributed by atoms with Gasteiger partial charge in [-0.05, 0) is 42.3 Å². The van der Waals surface area contributed by atoms with E-state index in [-0.39, 0.29) is 5.82 Å². The second kappa shape index (κ2) is 7.72. The molecule has 0 fully saturated rings. The number of aliphatic imine (C=N–C) groups is 1. The number of hydrogen-bond donors (Lipinski definition) is 3. The lowest BCUT2D eigenvalue weighted by Crippen LogP contribution is -2.38. The molecular weight excluding hydrogens is 355 g/mol. The quantitative estimate of drug-likeness (QED) is 0.369. The molecule has 2 aromatic heterocycles. The normalized spacial score (nSPS) is 12.0. The predicted octanol–water partition coefficient (Wildman–Crippen LogP) is 3.10. The van der Waals surface area contributed by atoms with Crippen LogP contribution in [0.1, 0.15) is 11.4 Å². The predicted molar refractivity (Wildman–Crippen MR) is 111 cm³/mol. The fraction of sp³-hybridized carbons (Fsp3) is 0.238. The molecule has 0 spiro atoms. The van der Waals surface area contributed by atoms with E-state index >= 15 is 0 Å². The Morgan fingerprint density at radius 2 is 2.07 bits per heavy atom. The van der Waals surface area contributed by atoms with E-state index in [9.17, 15) is 4.39 Å². The van der Waals surface area contributed by atoms with Crippen molar-refractivity contribution >= 4 is 27.9 Å². The summed E-state index contributed by atoms with van der Waals surface area (Å²) in [5.74, 6) is 1.44. The van der Waals surface area contributed by atoms with Gasteiger partial charge in [-0.15, -0.1) is 0 Å². The summed E-state index contributed by atoms with van der Waals surface area (Å²) in [5.41, 5.74) is 4.06. The molecule has 28 heavy (non-hydrogen) atoms. The molecule has 6 nitrogen and oxygen atoms in total. The first-order valence-electron chi connectivity index (χ1n) is 9.26. The first kappa shape index (κ1) is 18.0. The van der Waals surface area contributed by atoms with Crippen molar-refractivity contribution in [1.82, 2.24) is 25.2 Å². The summed E-state index contributed by atoms with van der Waals surface area (Å²) < 4.78 is 15.4. The van der Waals surface area contributed by atoms with Crippen molar-refractivity contribution in [2.45, 2.75) is 13.0 Å². The highest BCUT2D eigenvalue weighted by atomic mass is 19.1. The van der Waals surface area contributed by atoms with Gasteiger partial charge in [0.25, 0.3) is 0 Å². The average Bonchev–Trinajstić information content (AvgIpc) is 3.25. The number of aromatic amines is 1. The van der Waals surface area contributed by atoms with Crippen LogP contribution in [0.5, 0.6) is 0 Å². The number of nitrogens with one attached hydrogen (secondary N) is 3. The van der Waals surface area contributed by atoms with Gasteiger partial charge in [-0.2, -0.15) is 0 Å². The van der Waals surface area contributed by atoms with Crippen LogP contribution in [0.25, 0.3) is 21.9 Å². The molecule has 0 saturated heterocycles.